The van der Waals surface area contributed by atoms with Crippen molar-refractivity contribution in [2.24, 2.45) is 0 Å². The van der Waals surface area contributed by atoms with Crippen LogP contribution in [0.3, 0.4) is 0 Å². The number of nitrogens with zero attached hydrogens (tertiary/aromatic N) is 3. The first-order valence-electron chi connectivity index (χ1n) is 6.12. The molecule has 1 N–H and O–H groups in total. The van der Waals surface area contributed by atoms with E-state index >= 15 is 0 Å². The van der Waals surface area contributed by atoms with Gasteiger partial charge in [-0.05, 0) is 36.1 Å². The number of hydrogen-bond acceptors (Lipinski definition) is 5. The third kappa shape index (κ3) is 3.56. The van der Waals surface area contributed by atoms with Gasteiger partial charge in [-0.15, -0.1) is 0 Å². The topological polar surface area (TPSA) is 107 Å². The lowest BCUT2D eigenvalue weighted by Gasteiger charge is -2.05. The minimum absolute atomic E-state index is 0.166. The molecule has 0 saturated carbocycles. The van der Waals surface area contributed by atoms with Crippen LogP contribution >= 0.6 is 0 Å². The maximum Gasteiger partial charge on any atom is 0.392 e. The number of aromatic carboxylic acids is 1. The van der Waals surface area contributed by atoms with Gasteiger partial charge in [0.1, 0.15) is 12.4 Å². The van der Waals surface area contributed by atoms with Crippen molar-refractivity contribution in [2.45, 2.75) is 13.5 Å². The third-order valence-corrected chi connectivity index (χ3v) is 2.78. The maximum absolute atomic E-state index is 10.7. The number of carboxylic acid groups (broad SMARTS) is 1. The van der Waals surface area contributed by atoms with Crippen molar-refractivity contribution in [3.63, 3.8) is 0 Å². The van der Waals surface area contributed by atoms with E-state index in [1.54, 1.807) is 25.3 Å². The molecule has 1 aromatic carbocycles. The number of hydrogen-bond donors (Lipinski definition) is 1. The second-order valence-corrected chi connectivity index (χ2v) is 4.33. The van der Waals surface area contributed by atoms with Gasteiger partial charge in [-0.2, -0.15) is 4.68 Å². The molecule has 8 nitrogen and oxygen atoms in total. The summed E-state index contributed by atoms with van der Waals surface area (Å²) in [5.74, 6) is -0.639. The fraction of sp³-hybridized carbons (Fsp3) is 0.231. The van der Waals surface area contributed by atoms with Gasteiger partial charge in [0.2, 0.25) is 0 Å². The van der Waals surface area contributed by atoms with Gasteiger partial charge in [0.05, 0.1) is 29.0 Å². The summed E-state index contributed by atoms with van der Waals surface area (Å²) >= 11 is 0. The highest BCUT2D eigenvalue weighted by atomic mass is 16.6. The van der Waals surface area contributed by atoms with Gasteiger partial charge in [-0.3, -0.25) is 0 Å². The number of aryl methyl sites for hydroxylation is 1. The summed E-state index contributed by atoms with van der Waals surface area (Å²) in [6.45, 7) is 2.24. The molecule has 0 saturated heterocycles. The van der Waals surface area contributed by atoms with Crippen LogP contribution < -0.4 is 4.74 Å². The Morgan fingerprint density at radius 2 is 2.10 bits per heavy atom. The lowest BCUT2D eigenvalue weighted by atomic mass is 10.2. The van der Waals surface area contributed by atoms with E-state index < -0.39 is 10.9 Å². The fourth-order valence-corrected chi connectivity index (χ4v) is 1.76. The normalized spacial score (nSPS) is 10.3. The molecule has 0 aliphatic rings. The summed E-state index contributed by atoms with van der Waals surface area (Å²) < 4.78 is 6.87. The minimum atomic E-state index is -0.999. The smallest absolute Gasteiger partial charge is 0.392 e. The van der Waals surface area contributed by atoms with Crippen LogP contribution in [0.25, 0.3) is 0 Å². The molecule has 1 aromatic heterocycles. The Labute approximate surface area is 119 Å². The van der Waals surface area contributed by atoms with Crippen LogP contribution in [0.15, 0.2) is 30.5 Å². The average Bonchev–Trinajstić information content (AvgIpc) is 2.80. The first kappa shape index (κ1) is 14.5. The molecule has 21 heavy (non-hydrogen) atoms. The van der Waals surface area contributed by atoms with E-state index in [9.17, 15) is 14.9 Å². The molecule has 2 rings (SSSR count). The SMILES string of the molecule is Cc1cn(CCOc2ccc(C(=O)O)cc2)nc1[N+](=O)[O-]. The molecule has 0 unspecified atom stereocenters. The summed E-state index contributed by atoms with van der Waals surface area (Å²) in [6, 6.07) is 6.00. The number of ether oxygens (including phenoxy) is 1. The first-order chi connectivity index (χ1) is 9.97. The van der Waals surface area contributed by atoms with Crippen LogP contribution in [0.2, 0.25) is 0 Å². The van der Waals surface area contributed by atoms with Gasteiger partial charge in [0, 0.05) is 0 Å². The maximum atomic E-state index is 10.7. The molecule has 0 bridgehead atoms. The lowest BCUT2D eigenvalue weighted by molar-refractivity contribution is -0.390. The Morgan fingerprint density at radius 1 is 1.43 bits per heavy atom. The summed E-state index contributed by atoms with van der Waals surface area (Å²) in [7, 11) is 0. The Hall–Kier alpha value is -2.90. The standard InChI is InChI=1S/C13H13N3O5/c1-9-8-15(14-12(9)16(19)20)6-7-21-11-4-2-10(3-5-11)13(17)18/h2-5,8H,6-7H2,1H3,(H,17,18). The lowest BCUT2D eigenvalue weighted by Crippen LogP contribution is -2.09. The quantitative estimate of drug-likeness (QED) is 0.643. The third-order valence-electron chi connectivity index (χ3n) is 2.78. The Balaban J connectivity index is 1.90. The molecule has 0 amide bonds. The van der Waals surface area contributed by atoms with Crippen molar-refractivity contribution >= 4 is 11.8 Å². The minimum Gasteiger partial charge on any atom is -0.492 e. The summed E-state index contributed by atoms with van der Waals surface area (Å²) in [5.41, 5.74) is 0.673. The van der Waals surface area contributed by atoms with Crippen molar-refractivity contribution in [2.75, 3.05) is 6.61 Å². The zero-order valence-electron chi connectivity index (χ0n) is 11.2. The molecular weight excluding hydrogens is 278 g/mol. The summed E-state index contributed by atoms with van der Waals surface area (Å²) in [4.78, 5) is 20.8. The number of carbonyl (C=O) groups is 1. The van der Waals surface area contributed by atoms with Gasteiger partial charge in [-0.25, -0.2) is 4.79 Å². The van der Waals surface area contributed by atoms with E-state index in [1.165, 1.54) is 16.8 Å². The van der Waals surface area contributed by atoms with Crippen molar-refractivity contribution in [3.8, 4) is 5.75 Å². The van der Waals surface area contributed by atoms with E-state index in [0.29, 0.717) is 17.9 Å². The second-order valence-electron chi connectivity index (χ2n) is 4.33. The monoisotopic (exact) mass is 291 g/mol. The number of rotatable bonds is 6. The highest BCUT2D eigenvalue weighted by Gasteiger charge is 2.16. The predicted molar refractivity (Wildman–Crippen MR) is 72.5 cm³/mol. The molecule has 0 aliphatic heterocycles. The zero-order valence-corrected chi connectivity index (χ0v) is 11.2. The summed E-state index contributed by atoms with van der Waals surface area (Å²) in [6.07, 6.45) is 1.58. The van der Waals surface area contributed by atoms with E-state index in [-0.39, 0.29) is 18.0 Å². The van der Waals surface area contributed by atoms with Crippen LogP contribution in [0.5, 0.6) is 5.75 Å². The molecule has 1 heterocycles. The van der Waals surface area contributed by atoms with Gasteiger partial charge in [0.25, 0.3) is 0 Å². The zero-order chi connectivity index (χ0) is 15.4. The van der Waals surface area contributed by atoms with Gasteiger partial charge < -0.3 is 20.0 Å². The van der Waals surface area contributed by atoms with Crippen molar-refractivity contribution in [1.29, 1.82) is 0 Å². The summed E-state index contributed by atoms with van der Waals surface area (Å²) in [5, 5.41) is 23.3. The number of benzene rings is 1. The van der Waals surface area contributed by atoms with E-state index in [0.717, 1.165) is 0 Å². The molecule has 110 valence electrons. The average molecular weight is 291 g/mol. The molecule has 0 aliphatic carbocycles. The number of carboxylic acids is 1. The van der Waals surface area contributed by atoms with Gasteiger partial charge >= 0.3 is 11.8 Å². The highest BCUT2D eigenvalue weighted by Crippen LogP contribution is 2.15. The highest BCUT2D eigenvalue weighted by molar-refractivity contribution is 5.87. The number of nitro groups is 1. The van der Waals surface area contributed by atoms with Crippen LogP contribution in [0, 0.1) is 17.0 Å². The Bertz CT molecular complexity index is 663. The van der Waals surface area contributed by atoms with Crippen molar-refractivity contribution in [3.05, 3.63) is 51.7 Å². The van der Waals surface area contributed by atoms with E-state index in [1.807, 2.05) is 0 Å². The van der Waals surface area contributed by atoms with Crippen molar-refractivity contribution in [1.82, 2.24) is 9.78 Å². The van der Waals surface area contributed by atoms with E-state index in [2.05, 4.69) is 5.10 Å². The second kappa shape index (κ2) is 6.04. The van der Waals surface area contributed by atoms with Crippen molar-refractivity contribution < 1.29 is 19.6 Å². The van der Waals surface area contributed by atoms with Gasteiger partial charge in [0.15, 0.2) is 0 Å². The molecular formula is C13H13N3O5. The Morgan fingerprint density at radius 3 is 2.62 bits per heavy atom. The van der Waals surface area contributed by atoms with Crippen LogP contribution in [0.1, 0.15) is 15.9 Å². The Kier molecular flexibility index (Phi) is 4.17. The van der Waals surface area contributed by atoms with Crippen LogP contribution in [-0.2, 0) is 6.54 Å². The predicted octanol–water partition coefficient (Wildman–Crippen LogP) is 1.88. The molecule has 0 fully saturated rings. The molecule has 2 aromatic rings. The molecule has 0 spiro atoms. The molecule has 8 heteroatoms. The van der Waals surface area contributed by atoms with Crippen LogP contribution in [-0.4, -0.2) is 32.4 Å². The van der Waals surface area contributed by atoms with E-state index in [4.69, 9.17) is 9.84 Å². The van der Waals surface area contributed by atoms with Gasteiger partial charge in [-0.1, -0.05) is 0 Å². The van der Waals surface area contributed by atoms with Crippen LogP contribution in [0.4, 0.5) is 5.82 Å². The molecule has 0 atom stereocenters. The first-order valence-corrected chi connectivity index (χ1v) is 6.12. The fourth-order valence-electron chi connectivity index (χ4n) is 1.76. The largest absolute Gasteiger partial charge is 0.492 e. The number of aromatic nitrogens is 2. The molecule has 0 radical (unpaired) electrons.